The number of nitrogens with zero attached hydrogens (tertiary/aromatic N) is 4. The van der Waals surface area contributed by atoms with Gasteiger partial charge in [0.05, 0.1) is 5.25 Å². The van der Waals surface area contributed by atoms with E-state index in [0.717, 1.165) is 0 Å². The Balaban J connectivity index is 1.93. The van der Waals surface area contributed by atoms with Crippen LogP contribution in [0.4, 0.5) is 11.4 Å². The zero-order valence-electron chi connectivity index (χ0n) is 12.4. The predicted molar refractivity (Wildman–Crippen MR) is 83.5 cm³/mol. The van der Waals surface area contributed by atoms with Crippen molar-refractivity contribution in [3.63, 3.8) is 0 Å². The van der Waals surface area contributed by atoms with Crippen LogP contribution in [-0.2, 0) is 16.6 Å². The molecular formula is C13H16N6O2S. The summed E-state index contributed by atoms with van der Waals surface area (Å²) in [5.41, 5.74) is 1.33. The van der Waals surface area contributed by atoms with E-state index in [1.165, 1.54) is 23.4 Å². The Hall–Kier alpha value is -2.42. The summed E-state index contributed by atoms with van der Waals surface area (Å²) in [5.74, 6) is -0.292. The molecule has 0 radical (unpaired) electrons. The number of benzene rings is 1. The zero-order chi connectivity index (χ0) is 16.1. The molecule has 1 aromatic carbocycles. The molecule has 0 fully saturated rings. The number of carbonyl (C=O) groups is 2. The third kappa shape index (κ3) is 4.29. The van der Waals surface area contributed by atoms with Crippen molar-refractivity contribution < 1.29 is 9.59 Å². The van der Waals surface area contributed by atoms with Crippen molar-refractivity contribution in [1.82, 2.24) is 20.2 Å². The number of thioether (sulfide) groups is 1. The Kier molecular flexibility index (Phi) is 5.10. The normalized spacial score (nSPS) is 11.8. The summed E-state index contributed by atoms with van der Waals surface area (Å²) < 4.78 is 1.51. The highest BCUT2D eigenvalue weighted by Gasteiger charge is 2.17. The summed E-state index contributed by atoms with van der Waals surface area (Å²) in [7, 11) is 1.72. The molecule has 1 aromatic heterocycles. The fourth-order valence-electron chi connectivity index (χ4n) is 1.62. The minimum Gasteiger partial charge on any atom is -0.326 e. The van der Waals surface area contributed by atoms with Gasteiger partial charge in [-0.1, -0.05) is 11.8 Å². The smallest absolute Gasteiger partial charge is 0.237 e. The van der Waals surface area contributed by atoms with Gasteiger partial charge < -0.3 is 10.6 Å². The number of tetrazole rings is 1. The van der Waals surface area contributed by atoms with Gasteiger partial charge in [-0.05, 0) is 41.6 Å². The molecule has 116 valence electrons. The Morgan fingerprint density at radius 2 is 1.77 bits per heavy atom. The molecule has 8 nitrogen and oxygen atoms in total. The number of nitrogens with one attached hydrogen (secondary N) is 2. The van der Waals surface area contributed by atoms with Gasteiger partial charge in [0, 0.05) is 25.3 Å². The van der Waals surface area contributed by atoms with Gasteiger partial charge in [0.1, 0.15) is 0 Å². The number of aryl methyl sites for hydroxylation is 1. The third-order valence-electron chi connectivity index (χ3n) is 2.71. The maximum atomic E-state index is 12.1. The molecule has 1 unspecified atom stereocenters. The van der Waals surface area contributed by atoms with Crippen molar-refractivity contribution in [3.05, 3.63) is 24.3 Å². The summed E-state index contributed by atoms with van der Waals surface area (Å²) in [6, 6.07) is 6.90. The standard InChI is InChI=1S/C13H16N6O2S/c1-8(22-13-16-17-18-19(13)3)12(21)15-11-6-4-10(5-7-11)14-9(2)20/h4-8H,1-3H3,(H,14,20)(H,15,21). The van der Waals surface area contributed by atoms with Crippen molar-refractivity contribution >= 4 is 35.0 Å². The molecule has 0 aliphatic carbocycles. The number of hydrogen-bond donors (Lipinski definition) is 2. The zero-order valence-corrected chi connectivity index (χ0v) is 13.2. The van der Waals surface area contributed by atoms with Crippen LogP contribution in [0.1, 0.15) is 13.8 Å². The van der Waals surface area contributed by atoms with Crippen LogP contribution in [0.15, 0.2) is 29.4 Å². The van der Waals surface area contributed by atoms with Crippen LogP contribution in [0.2, 0.25) is 0 Å². The van der Waals surface area contributed by atoms with E-state index in [2.05, 4.69) is 26.2 Å². The summed E-state index contributed by atoms with van der Waals surface area (Å²) >= 11 is 1.27. The highest BCUT2D eigenvalue weighted by molar-refractivity contribution is 8.00. The monoisotopic (exact) mass is 320 g/mol. The van der Waals surface area contributed by atoms with Crippen molar-refractivity contribution in [3.8, 4) is 0 Å². The number of anilines is 2. The minimum atomic E-state index is -0.347. The highest BCUT2D eigenvalue weighted by Crippen LogP contribution is 2.21. The van der Waals surface area contributed by atoms with Crippen molar-refractivity contribution in [2.75, 3.05) is 10.6 Å². The van der Waals surface area contributed by atoms with Gasteiger partial charge in [-0.2, -0.15) is 0 Å². The van der Waals surface area contributed by atoms with Gasteiger partial charge in [0.2, 0.25) is 17.0 Å². The van der Waals surface area contributed by atoms with E-state index in [1.807, 2.05) is 0 Å². The molecule has 0 saturated carbocycles. The lowest BCUT2D eigenvalue weighted by molar-refractivity contribution is -0.115. The lowest BCUT2D eigenvalue weighted by atomic mass is 10.2. The molecule has 22 heavy (non-hydrogen) atoms. The van der Waals surface area contributed by atoms with E-state index in [9.17, 15) is 9.59 Å². The largest absolute Gasteiger partial charge is 0.326 e. The number of hydrogen-bond acceptors (Lipinski definition) is 6. The first-order valence-electron chi connectivity index (χ1n) is 6.53. The predicted octanol–water partition coefficient (Wildman–Crippen LogP) is 1.29. The average molecular weight is 320 g/mol. The van der Waals surface area contributed by atoms with E-state index in [-0.39, 0.29) is 17.1 Å². The van der Waals surface area contributed by atoms with Crippen LogP contribution in [0, 0.1) is 0 Å². The quantitative estimate of drug-likeness (QED) is 0.805. The van der Waals surface area contributed by atoms with Gasteiger partial charge in [-0.25, -0.2) is 4.68 Å². The molecule has 1 atom stereocenters. The van der Waals surface area contributed by atoms with Crippen molar-refractivity contribution in [2.24, 2.45) is 7.05 Å². The van der Waals surface area contributed by atoms with E-state index >= 15 is 0 Å². The maximum Gasteiger partial charge on any atom is 0.237 e. The first-order valence-corrected chi connectivity index (χ1v) is 7.41. The lowest BCUT2D eigenvalue weighted by Crippen LogP contribution is -2.22. The van der Waals surface area contributed by atoms with Crippen LogP contribution in [-0.4, -0.2) is 37.3 Å². The molecule has 2 rings (SSSR count). The summed E-state index contributed by atoms with van der Waals surface area (Å²) in [5, 5.41) is 16.8. The molecule has 1 heterocycles. The minimum absolute atomic E-state index is 0.140. The summed E-state index contributed by atoms with van der Waals surface area (Å²) in [6.07, 6.45) is 0. The van der Waals surface area contributed by atoms with Gasteiger partial charge in [-0.15, -0.1) is 5.10 Å². The molecule has 9 heteroatoms. The number of rotatable bonds is 5. The van der Waals surface area contributed by atoms with Crippen LogP contribution < -0.4 is 10.6 Å². The van der Waals surface area contributed by atoms with Gasteiger partial charge in [0.15, 0.2) is 0 Å². The van der Waals surface area contributed by atoms with Crippen molar-refractivity contribution in [1.29, 1.82) is 0 Å². The van der Waals surface area contributed by atoms with E-state index < -0.39 is 0 Å². The number of aromatic nitrogens is 4. The third-order valence-corrected chi connectivity index (χ3v) is 3.83. The Labute approximate surface area is 131 Å². The average Bonchev–Trinajstić information content (AvgIpc) is 2.86. The molecule has 0 aliphatic rings. The number of amides is 2. The van der Waals surface area contributed by atoms with E-state index in [0.29, 0.717) is 16.5 Å². The van der Waals surface area contributed by atoms with Gasteiger partial charge >= 0.3 is 0 Å². The fourth-order valence-corrected chi connectivity index (χ4v) is 2.37. The van der Waals surface area contributed by atoms with Gasteiger partial charge in [0.25, 0.3) is 0 Å². The lowest BCUT2D eigenvalue weighted by Gasteiger charge is -2.11. The molecule has 0 spiro atoms. The van der Waals surface area contributed by atoms with Gasteiger partial charge in [-0.3, -0.25) is 9.59 Å². The summed E-state index contributed by atoms with van der Waals surface area (Å²) in [4.78, 5) is 23.1. The molecule has 0 saturated heterocycles. The molecule has 0 bridgehead atoms. The Bertz CT molecular complexity index is 669. The fraction of sp³-hybridized carbons (Fsp3) is 0.308. The molecule has 2 amide bonds. The van der Waals surface area contributed by atoms with E-state index in [1.54, 1.807) is 38.2 Å². The van der Waals surface area contributed by atoms with Crippen LogP contribution in [0.3, 0.4) is 0 Å². The first-order chi connectivity index (χ1) is 10.5. The molecular weight excluding hydrogens is 304 g/mol. The second-order valence-electron chi connectivity index (χ2n) is 4.59. The highest BCUT2D eigenvalue weighted by atomic mass is 32.2. The topological polar surface area (TPSA) is 102 Å². The molecule has 2 aromatic rings. The molecule has 2 N–H and O–H groups in total. The van der Waals surface area contributed by atoms with Crippen LogP contribution >= 0.6 is 11.8 Å². The SMILES string of the molecule is CC(=O)Nc1ccc(NC(=O)C(C)Sc2nnnn2C)cc1. The Morgan fingerprint density at radius 1 is 1.18 bits per heavy atom. The van der Waals surface area contributed by atoms with Crippen LogP contribution in [0.25, 0.3) is 0 Å². The summed E-state index contributed by atoms with van der Waals surface area (Å²) in [6.45, 7) is 3.22. The maximum absolute atomic E-state index is 12.1. The second kappa shape index (κ2) is 7.03. The van der Waals surface area contributed by atoms with E-state index in [4.69, 9.17) is 0 Å². The molecule has 0 aliphatic heterocycles. The second-order valence-corrected chi connectivity index (χ2v) is 5.90. The number of carbonyl (C=O) groups excluding carboxylic acids is 2. The van der Waals surface area contributed by atoms with Crippen LogP contribution in [0.5, 0.6) is 0 Å². The Morgan fingerprint density at radius 3 is 2.27 bits per heavy atom. The van der Waals surface area contributed by atoms with Crippen molar-refractivity contribution in [2.45, 2.75) is 24.3 Å². The first kappa shape index (κ1) is 16.0.